The molecule has 24 heavy (non-hydrogen) atoms. The molecule has 1 aliphatic heterocycles. The number of nitrogens with one attached hydrogen (secondary N) is 1. The molecule has 1 amide bonds. The smallest absolute Gasteiger partial charge is 0.233 e. The van der Waals surface area contributed by atoms with Crippen LogP contribution in [0, 0.1) is 0 Å². The highest BCUT2D eigenvalue weighted by atomic mass is 79.9. The van der Waals surface area contributed by atoms with Crippen LogP contribution in [0.3, 0.4) is 0 Å². The topological polar surface area (TPSA) is 61.4 Å². The van der Waals surface area contributed by atoms with Crippen molar-refractivity contribution in [3.05, 3.63) is 28.7 Å². The summed E-state index contributed by atoms with van der Waals surface area (Å²) >= 11 is 6.35. The molecule has 1 saturated heterocycles. The number of likely N-dealkylation sites (N-methyl/N-ethyl adjacent to an activating group) is 1. The van der Waals surface area contributed by atoms with Crippen LogP contribution in [0.4, 0.5) is 10.8 Å². The summed E-state index contributed by atoms with van der Waals surface area (Å²) in [7, 11) is 2.08. The predicted octanol–water partition coefficient (Wildman–Crippen LogP) is 2.91. The second-order valence-electron chi connectivity index (χ2n) is 5.48. The van der Waals surface area contributed by atoms with Crippen molar-refractivity contribution in [2.24, 2.45) is 0 Å². The molecule has 0 unspecified atom stereocenters. The second-order valence-corrected chi connectivity index (χ2v) is 8.60. The molecule has 2 heterocycles. The molecule has 9 heteroatoms. The van der Waals surface area contributed by atoms with Gasteiger partial charge < -0.3 is 15.1 Å². The van der Waals surface area contributed by atoms with Gasteiger partial charge in [0.15, 0.2) is 4.34 Å². The standard InChI is InChI=1S/C15H18BrN5OS2/c1-20-5-7-21(8-6-20)13(22)10-23-15-19-18-14(24-15)17-12-4-2-3-11(16)9-12/h2-4,9H,5-8,10H2,1H3,(H,17,18). The normalized spacial score (nSPS) is 15.5. The monoisotopic (exact) mass is 427 g/mol. The Morgan fingerprint density at radius 2 is 2.12 bits per heavy atom. The Balaban J connectivity index is 1.50. The van der Waals surface area contributed by atoms with Gasteiger partial charge in [0, 0.05) is 36.3 Å². The van der Waals surface area contributed by atoms with Crippen LogP contribution in [0.15, 0.2) is 33.1 Å². The fourth-order valence-corrected chi connectivity index (χ4v) is 4.35. The summed E-state index contributed by atoms with van der Waals surface area (Å²) < 4.78 is 1.80. The fraction of sp³-hybridized carbons (Fsp3) is 0.400. The molecule has 1 fully saturated rings. The number of benzene rings is 1. The van der Waals surface area contributed by atoms with Gasteiger partial charge in [0.1, 0.15) is 0 Å². The van der Waals surface area contributed by atoms with Gasteiger partial charge in [-0.05, 0) is 25.2 Å². The number of rotatable bonds is 5. The van der Waals surface area contributed by atoms with Crippen LogP contribution in [-0.2, 0) is 4.79 Å². The van der Waals surface area contributed by atoms with E-state index in [0.717, 1.165) is 45.8 Å². The van der Waals surface area contributed by atoms with E-state index < -0.39 is 0 Å². The number of amides is 1. The van der Waals surface area contributed by atoms with Crippen LogP contribution in [0.2, 0.25) is 0 Å². The van der Waals surface area contributed by atoms with Gasteiger partial charge in [0.25, 0.3) is 0 Å². The number of carbonyl (C=O) groups excluding carboxylic acids is 1. The highest BCUT2D eigenvalue weighted by Crippen LogP contribution is 2.28. The van der Waals surface area contributed by atoms with Crippen molar-refractivity contribution < 1.29 is 4.79 Å². The highest BCUT2D eigenvalue weighted by Gasteiger charge is 2.19. The largest absolute Gasteiger partial charge is 0.339 e. The third-order valence-electron chi connectivity index (χ3n) is 3.66. The van der Waals surface area contributed by atoms with Gasteiger partial charge in [0.2, 0.25) is 11.0 Å². The quantitative estimate of drug-likeness (QED) is 0.740. The summed E-state index contributed by atoms with van der Waals surface area (Å²) in [4.78, 5) is 16.4. The van der Waals surface area contributed by atoms with Crippen molar-refractivity contribution in [3.8, 4) is 0 Å². The van der Waals surface area contributed by atoms with Gasteiger partial charge in [0.05, 0.1) is 5.75 Å². The van der Waals surface area contributed by atoms with Crippen molar-refractivity contribution in [1.82, 2.24) is 20.0 Å². The van der Waals surface area contributed by atoms with E-state index in [1.807, 2.05) is 29.2 Å². The van der Waals surface area contributed by atoms with Crippen LogP contribution in [0.5, 0.6) is 0 Å². The Labute approximate surface area is 157 Å². The minimum atomic E-state index is 0.171. The number of piperazine rings is 1. The number of anilines is 2. The maximum atomic E-state index is 12.2. The summed E-state index contributed by atoms with van der Waals surface area (Å²) in [6.07, 6.45) is 0. The highest BCUT2D eigenvalue weighted by molar-refractivity contribution is 9.10. The van der Waals surface area contributed by atoms with Crippen LogP contribution >= 0.6 is 39.0 Å². The van der Waals surface area contributed by atoms with Crippen molar-refractivity contribution in [1.29, 1.82) is 0 Å². The average molecular weight is 428 g/mol. The SMILES string of the molecule is CN1CCN(C(=O)CSc2nnc(Nc3cccc(Br)c3)s2)CC1. The number of nitrogens with zero attached hydrogens (tertiary/aromatic N) is 4. The van der Waals surface area contributed by atoms with E-state index >= 15 is 0 Å². The third kappa shape index (κ3) is 4.92. The van der Waals surface area contributed by atoms with E-state index in [2.05, 4.69) is 43.4 Å². The minimum Gasteiger partial charge on any atom is -0.339 e. The number of halogens is 1. The Kier molecular flexibility index (Phi) is 6.09. The molecule has 1 N–H and O–H groups in total. The lowest BCUT2D eigenvalue weighted by molar-refractivity contribution is -0.129. The molecule has 0 atom stereocenters. The van der Waals surface area contributed by atoms with Gasteiger partial charge in [-0.15, -0.1) is 10.2 Å². The summed E-state index contributed by atoms with van der Waals surface area (Å²) in [5, 5.41) is 12.2. The van der Waals surface area contributed by atoms with Gasteiger partial charge in [-0.3, -0.25) is 4.79 Å². The van der Waals surface area contributed by atoms with E-state index in [1.165, 1.54) is 23.1 Å². The van der Waals surface area contributed by atoms with E-state index in [-0.39, 0.29) is 5.91 Å². The lowest BCUT2D eigenvalue weighted by Crippen LogP contribution is -2.47. The molecule has 1 aliphatic rings. The Morgan fingerprint density at radius 1 is 1.33 bits per heavy atom. The summed E-state index contributed by atoms with van der Waals surface area (Å²) in [5.41, 5.74) is 0.950. The Bertz CT molecular complexity index is 703. The average Bonchev–Trinajstić information content (AvgIpc) is 3.01. The molecule has 0 bridgehead atoms. The zero-order valence-corrected chi connectivity index (χ0v) is 16.5. The number of carbonyl (C=O) groups is 1. The van der Waals surface area contributed by atoms with Crippen LogP contribution in [0.25, 0.3) is 0 Å². The van der Waals surface area contributed by atoms with Gasteiger partial charge in [-0.2, -0.15) is 0 Å². The van der Waals surface area contributed by atoms with Crippen LogP contribution < -0.4 is 5.32 Å². The molecule has 0 aliphatic carbocycles. The van der Waals surface area contributed by atoms with Crippen LogP contribution in [0.1, 0.15) is 0 Å². The van der Waals surface area contributed by atoms with Crippen molar-refractivity contribution in [3.63, 3.8) is 0 Å². The molecule has 1 aromatic carbocycles. The van der Waals surface area contributed by atoms with E-state index in [0.29, 0.717) is 5.75 Å². The first kappa shape index (κ1) is 17.7. The van der Waals surface area contributed by atoms with Gasteiger partial charge in [-0.25, -0.2) is 0 Å². The van der Waals surface area contributed by atoms with Crippen molar-refractivity contribution in [2.75, 3.05) is 44.3 Å². The minimum absolute atomic E-state index is 0.171. The first-order valence-corrected chi connectivity index (χ1v) is 10.1. The second kappa shape index (κ2) is 8.28. The van der Waals surface area contributed by atoms with E-state index in [9.17, 15) is 4.79 Å². The van der Waals surface area contributed by atoms with Crippen molar-refractivity contribution >= 4 is 55.8 Å². The number of thioether (sulfide) groups is 1. The number of hydrogen-bond donors (Lipinski definition) is 1. The summed E-state index contributed by atoms with van der Waals surface area (Å²) in [6.45, 7) is 3.50. The molecule has 128 valence electrons. The molecule has 0 radical (unpaired) electrons. The molecule has 2 aromatic rings. The third-order valence-corrected chi connectivity index (χ3v) is 6.11. The van der Waals surface area contributed by atoms with Crippen LogP contribution in [-0.4, -0.2) is 64.9 Å². The molecule has 6 nitrogen and oxygen atoms in total. The maximum Gasteiger partial charge on any atom is 0.233 e. The fourth-order valence-electron chi connectivity index (χ4n) is 2.28. The zero-order chi connectivity index (χ0) is 16.9. The molecule has 3 rings (SSSR count). The first-order valence-electron chi connectivity index (χ1n) is 7.55. The van der Waals surface area contributed by atoms with E-state index in [4.69, 9.17) is 0 Å². The first-order chi connectivity index (χ1) is 11.6. The molecular weight excluding hydrogens is 410 g/mol. The maximum absolute atomic E-state index is 12.2. The zero-order valence-electron chi connectivity index (χ0n) is 13.2. The number of hydrogen-bond acceptors (Lipinski definition) is 7. The van der Waals surface area contributed by atoms with Crippen molar-refractivity contribution in [2.45, 2.75) is 4.34 Å². The molecule has 0 spiro atoms. The Hall–Kier alpha value is -1.16. The van der Waals surface area contributed by atoms with E-state index in [1.54, 1.807) is 0 Å². The molecule has 1 aromatic heterocycles. The molecular formula is C15H18BrN5OS2. The van der Waals surface area contributed by atoms with Gasteiger partial charge >= 0.3 is 0 Å². The lowest BCUT2D eigenvalue weighted by Gasteiger charge is -2.32. The summed E-state index contributed by atoms with van der Waals surface area (Å²) in [5.74, 6) is 0.583. The van der Waals surface area contributed by atoms with Gasteiger partial charge in [-0.1, -0.05) is 45.1 Å². The predicted molar refractivity (Wildman–Crippen MR) is 102 cm³/mol. The lowest BCUT2D eigenvalue weighted by atomic mass is 10.3. The summed E-state index contributed by atoms with van der Waals surface area (Å²) in [6, 6.07) is 7.87. The molecule has 0 saturated carbocycles. The number of aromatic nitrogens is 2. The Morgan fingerprint density at radius 3 is 2.88 bits per heavy atom.